The van der Waals surface area contributed by atoms with Crippen LogP contribution in [-0.2, 0) is 18.9 Å². The number of carbonyl (C=O) groups is 1. The van der Waals surface area contributed by atoms with E-state index in [9.17, 15) is 4.79 Å². The number of ether oxygens (including phenoxy) is 1. The Morgan fingerprint density at radius 1 is 1.36 bits per heavy atom. The van der Waals surface area contributed by atoms with E-state index < -0.39 is 0 Å². The van der Waals surface area contributed by atoms with Crippen LogP contribution in [0.25, 0.3) is 11.4 Å². The average Bonchev–Trinajstić information content (AvgIpc) is 2.99. The zero-order chi connectivity index (χ0) is 20.1. The molecular formula is C20H22N6O2. The van der Waals surface area contributed by atoms with E-state index in [2.05, 4.69) is 34.2 Å². The summed E-state index contributed by atoms with van der Waals surface area (Å²) in [5.74, 6) is 1.12. The monoisotopic (exact) mass is 378 g/mol. The summed E-state index contributed by atoms with van der Waals surface area (Å²) in [4.78, 5) is 21.4. The van der Waals surface area contributed by atoms with Gasteiger partial charge < -0.3 is 15.8 Å². The van der Waals surface area contributed by atoms with Crippen LogP contribution in [0.4, 0.5) is 11.8 Å². The Morgan fingerprint density at radius 3 is 2.89 bits per heavy atom. The summed E-state index contributed by atoms with van der Waals surface area (Å²) in [6, 6.07) is 7.01. The molecule has 8 heteroatoms. The van der Waals surface area contributed by atoms with Gasteiger partial charge in [-0.05, 0) is 35.6 Å². The molecule has 0 aliphatic heterocycles. The Hall–Kier alpha value is -3.42. The van der Waals surface area contributed by atoms with Gasteiger partial charge in [-0.2, -0.15) is 5.10 Å². The maximum atomic E-state index is 12.8. The van der Waals surface area contributed by atoms with E-state index in [1.165, 1.54) is 0 Å². The number of nitrogens with two attached hydrogens (primary N) is 1. The summed E-state index contributed by atoms with van der Waals surface area (Å²) in [5.41, 5.74) is 9.62. The number of carbonyl (C=O) groups excluding carboxylic acids is 1. The quantitative estimate of drug-likeness (QED) is 0.725. The molecule has 1 aliphatic carbocycles. The molecule has 0 radical (unpaired) electrons. The number of aromatic nitrogens is 4. The molecule has 3 aromatic rings. The molecule has 2 heterocycles. The van der Waals surface area contributed by atoms with Crippen molar-refractivity contribution in [2.45, 2.75) is 25.7 Å². The average molecular weight is 378 g/mol. The minimum Gasteiger partial charge on any atom is -0.497 e. The lowest BCUT2D eigenvalue weighted by Gasteiger charge is -2.31. The first-order valence-corrected chi connectivity index (χ1v) is 8.95. The Kier molecular flexibility index (Phi) is 4.06. The lowest BCUT2D eigenvalue weighted by molar-refractivity contribution is 0.102. The van der Waals surface area contributed by atoms with Gasteiger partial charge in [0.1, 0.15) is 5.75 Å². The molecule has 144 valence electrons. The third-order valence-electron chi connectivity index (χ3n) is 5.03. The van der Waals surface area contributed by atoms with Crippen LogP contribution in [-0.4, -0.2) is 32.8 Å². The highest BCUT2D eigenvalue weighted by Gasteiger charge is 2.38. The van der Waals surface area contributed by atoms with Gasteiger partial charge in [0.05, 0.1) is 18.5 Å². The number of fused-ring (bicyclic) bond motifs is 3. The van der Waals surface area contributed by atoms with Gasteiger partial charge >= 0.3 is 0 Å². The van der Waals surface area contributed by atoms with Crippen LogP contribution in [0, 0.1) is 0 Å². The highest BCUT2D eigenvalue weighted by Crippen LogP contribution is 2.45. The van der Waals surface area contributed by atoms with Crippen molar-refractivity contribution in [1.29, 1.82) is 0 Å². The van der Waals surface area contributed by atoms with E-state index in [0.29, 0.717) is 17.1 Å². The summed E-state index contributed by atoms with van der Waals surface area (Å²) >= 11 is 0. The number of rotatable bonds is 3. The van der Waals surface area contributed by atoms with Crippen molar-refractivity contribution in [2.24, 2.45) is 7.05 Å². The Morgan fingerprint density at radius 2 is 2.14 bits per heavy atom. The van der Waals surface area contributed by atoms with Gasteiger partial charge in [0, 0.05) is 24.4 Å². The number of nitrogens with zero attached hydrogens (tertiary/aromatic N) is 4. The second kappa shape index (κ2) is 6.33. The van der Waals surface area contributed by atoms with Crippen molar-refractivity contribution >= 4 is 17.7 Å². The molecule has 0 saturated heterocycles. The van der Waals surface area contributed by atoms with Crippen LogP contribution in [0.5, 0.6) is 5.75 Å². The molecule has 28 heavy (non-hydrogen) atoms. The topological polar surface area (TPSA) is 108 Å². The second-order valence-corrected chi connectivity index (χ2v) is 7.54. The van der Waals surface area contributed by atoms with E-state index >= 15 is 0 Å². The first-order valence-electron chi connectivity index (χ1n) is 8.95. The molecule has 0 atom stereocenters. The highest BCUT2D eigenvalue weighted by atomic mass is 16.5. The van der Waals surface area contributed by atoms with Crippen molar-refractivity contribution in [3.8, 4) is 17.1 Å². The predicted molar refractivity (Wildman–Crippen MR) is 106 cm³/mol. The van der Waals surface area contributed by atoms with E-state index in [-0.39, 0.29) is 17.3 Å². The maximum absolute atomic E-state index is 12.8. The number of nitrogen functional groups attached to an aromatic ring is 1. The van der Waals surface area contributed by atoms with Crippen molar-refractivity contribution < 1.29 is 9.53 Å². The fraction of sp³-hybridized carbons (Fsp3) is 0.300. The molecule has 1 amide bonds. The van der Waals surface area contributed by atoms with Crippen LogP contribution in [0.1, 0.15) is 35.3 Å². The second-order valence-electron chi connectivity index (χ2n) is 7.54. The molecule has 1 aliphatic rings. The normalized spacial score (nSPS) is 14.1. The van der Waals surface area contributed by atoms with Gasteiger partial charge in [-0.3, -0.25) is 9.48 Å². The lowest BCUT2D eigenvalue weighted by Crippen LogP contribution is -2.28. The minimum atomic E-state index is -0.257. The van der Waals surface area contributed by atoms with Crippen LogP contribution >= 0.6 is 0 Å². The van der Waals surface area contributed by atoms with Gasteiger partial charge in [0.15, 0.2) is 5.82 Å². The standard InChI is InChI=1S/C20H22N6O2/c1-20(2)9-12-10-22-19(21)23-15(12)16-14(20)17(25-26(16)3)24-18(27)11-6-5-7-13(8-11)28-4/h5-8,10H,9H2,1-4H3,(H2,21,22,23)(H,24,25,27). The van der Waals surface area contributed by atoms with Crippen LogP contribution in [0.3, 0.4) is 0 Å². The number of methoxy groups -OCH3 is 1. The molecule has 8 nitrogen and oxygen atoms in total. The minimum absolute atomic E-state index is 0.215. The zero-order valence-corrected chi connectivity index (χ0v) is 16.3. The molecule has 0 unspecified atom stereocenters. The number of amides is 1. The van der Waals surface area contributed by atoms with Crippen molar-refractivity contribution in [2.75, 3.05) is 18.2 Å². The molecule has 4 rings (SSSR count). The largest absolute Gasteiger partial charge is 0.497 e. The van der Waals surface area contributed by atoms with Gasteiger partial charge in [-0.25, -0.2) is 9.97 Å². The van der Waals surface area contributed by atoms with Crippen LogP contribution < -0.4 is 15.8 Å². The van der Waals surface area contributed by atoms with Gasteiger partial charge in [-0.15, -0.1) is 0 Å². The summed E-state index contributed by atoms with van der Waals surface area (Å²) in [5, 5.41) is 7.54. The Bertz CT molecular complexity index is 1090. The first kappa shape index (κ1) is 18.0. The number of hydrogen-bond acceptors (Lipinski definition) is 6. The van der Waals surface area contributed by atoms with Gasteiger partial charge in [0.2, 0.25) is 5.95 Å². The van der Waals surface area contributed by atoms with E-state index in [1.54, 1.807) is 42.3 Å². The molecule has 3 N–H and O–H groups in total. The van der Waals surface area contributed by atoms with Crippen molar-refractivity contribution in [3.05, 3.63) is 47.2 Å². The molecule has 0 spiro atoms. The van der Waals surface area contributed by atoms with Crippen molar-refractivity contribution in [1.82, 2.24) is 19.7 Å². The van der Waals surface area contributed by atoms with Gasteiger partial charge in [0.25, 0.3) is 5.91 Å². The number of anilines is 2. The van der Waals surface area contributed by atoms with Crippen LogP contribution in [0.2, 0.25) is 0 Å². The maximum Gasteiger partial charge on any atom is 0.257 e. The summed E-state index contributed by atoms with van der Waals surface area (Å²) in [7, 11) is 3.41. The third-order valence-corrected chi connectivity index (χ3v) is 5.03. The Balaban J connectivity index is 1.79. The molecule has 2 aromatic heterocycles. The SMILES string of the molecule is COc1cccc(C(=O)Nc2nn(C)c3c2C(C)(C)Cc2cnc(N)nc2-3)c1. The molecule has 0 saturated carbocycles. The van der Waals surface area contributed by atoms with Crippen LogP contribution in [0.15, 0.2) is 30.5 Å². The number of hydrogen-bond donors (Lipinski definition) is 2. The summed E-state index contributed by atoms with van der Waals surface area (Å²) in [6.45, 7) is 4.24. The Labute approximate surface area is 162 Å². The molecule has 0 bridgehead atoms. The van der Waals surface area contributed by atoms with E-state index in [0.717, 1.165) is 28.9 Å². The third kappa shape index (κ3) is 2.87. The summed E-state index contributed by atoms with van der Waals surface area (Å²) in [6.07, 6.45) is 2.49. The smallest absolute Gasteiger partial charge is 0.257 e. The number of benzene rings is 1. The zero-order valence-electron chi connectivity index (χ0n) is 16.3. The summed E-state index contributed by atoms with van der Waals surface area (Å²) < 4.78 is 6.95. The van der Waals surface area contributed by atoms with Gasteiger partial charge in [-0.1, -0.05) is 19.9 Å². The highest BCUT2D eigenvalue weighted by molar-refractivity contribution is 6.05. The van der Waals surface area contributed by atoms with Crippen molar-refractivity contribution in [3.63, 3.8) is 0 Å². The lowest BCUT2D eigenvalue weighted by atomic mass is 9.74. The number of aryl methyl sites for hydroxylation is 1. The predicted octanol–water partition coefficient (Wildman–Crippen LogP) is 2.55. The first-order chi connectivity index (χ1) is 13.3. The fourth-order valence-electron chi connectivity index (χ4n) is 3.79. The fourth-order valence-corrected chi connectivity index (χ4v) is 3.79. The van der Waals surface area contributed by atoms with E-state index in [1.807, 2.05) is 7.05 Å². The number of nitrogens with one attached hydrogen (secondary N) is 1. The molecule has 1 aromatic carbocycles. The van der Waals surface area contributed by atoms with E-state index in [4.69, 9.17) is 10.5 Å². The molecule has 0 fully saturated rings. The molecular weight excluding hydrogens is 356 g/mol.